The Labute approximate surface area is 125 Å². The van der Waals surface area contributed by atoms with Crippen molar-refractivity contribution in [2.24, 2.45) is 11.7 Å². The fraction of sp³-hybridized carbons (Fsp3) is 0.625. The van der Waals surface area contributed by atoms with E-state index >= 15 is 0 Å². The third kappa shape index (κ3) is 3.59. The first kappa shape index (κ1) is 15.0. The van der Waals surface area contributed by atoms with E-state index in [2.05, 4.69) is 59.1 Å². The molecular formula is C16H25BrN2. The van der Waals surface area contributed by atoms with Gasteiger partial charge in [0.15, 0.2) is 0 Å². The first-order valence-corrected chi connectivity index (χ1v) is 7.99. The summed E-state index contributed by atoms with van der Waals surface area (Å²) in [5, 5.41) is 0. The number of halogens is 1. The second kappa shape index (κ2) is 6.38. The molecular weight excluding hydrogens is 300 g/mol. The second-order valence-corrected chi connectivity index (χ2v) is 7.00. The first-order chi connectivity index (χ1) is 9.05. The Morgan fingerprint density at radius 2 is 2.05 bits per heavy atom. The van der Waals surface area contributed by atoms with Gasteiger partial charge in [-0.3, -0.25) is 4.90 Å². The Morgan fingerprint density at radius 1 is 1.37 bits per heavy atom. The molecule has 0 bridgehead atoms. The van der Waals surface area contributed by atoms with E-state index in [1.54, 1.807) is 0 Å². The van der Waals surface area contributed by atoms with Crippen molar-refractivity contribution in [3.8, 4) is 0 Å². The van der Waals surface area contributed by atoms with Gasteiger partial charge in [0.05, 0.1) is 0 Å². The molecule has 2 N–H and O–H groups in total. The number of nitrogens with zero attached hydrogens (tertiary/aromatic N) is 1. The van der Waals surface area contributed by atoms with Gasteiger partial charge in [-0.2, -0.15) is 0 Å². The van der Waals surface area contributed by atoms with Crippen molar-refractivity contribution < 1.29 is 0 Å². The van der Waals surface area contributed by atoms with Crippen molar-refractivity contribution >= 4 is 15.9 Å². The van der Waals surface area contributed by atoms with Crippen molar-refractivity contribution in [3.05, 3.63) is 34.3 Å². The van der Waals surface area contributed by atoms with Crippen molar-refractivity contribution in [1.29, 1.82) is 0 Å². The van der Waals surface area contributed by atoms with Crippen LogP contribution in [0.3, 0.4) is 0 Å². The third-order valence-electron chi connectivity index (χ3n) is 4.68. The van der Waals surface area contributed by atoms with E-state index in [1.807, 2.05) is 0 Å². The molecule has 0 aromatic heterocycles. The van der Waals surface area contributed by atoms with Gasteiger partial charge in [0.2, 0.25) is 0 Å². The van der Waals surface area contributed by atoms with Gasteiger partial charge >= 0.3 is 0 Å². The number of rotatable bonds is 6. The summed E-state index contributed by atoms with van der Waals surface area (Å²) in [6, 6.07) is 8.44. The van der Waals surface area contributed by atoms with Gasteiger partial charge in [0.25, 0.3) is 0 Å². The summed E-state index contributed by atoms with van der Waals surface area (Å²) in [6.45, 7) is 3.98. The summed E-state index contributed by atoms with van der Waals surface area (Å²) >= 11 is 3.63. The zero-order valence-corrected chi connectivity index (χ0v) is 13.6. The van der Waals surface area contributed by atoms with E-state index < -0.39 is 0 Å². The van der Waals surface area contributed by atoms with Crippen LogP contribution in [-0.4, -0.2) is 24.0 Å². The summed E-state index contributed by atoms with van der Waals surface area (Å²) in [5.74, 6) is 0.884. The Hall–Kier alpha value is -0.380. The number of hydrogen-bond acceptors (Lipinski definition) is 2. The maximum Gasteiger partial charge on any atom is 0.0306 e. The summed E-state index contributed by atoms with van der Waals surface area (Å²) in [7, 11) is 2.20. The van der Waals surface area contributed by atoms with Crippen LogP contribution in [0.4, 0.5) is 0 Å². The average molecular weight is 325 g/mol. The van der Waals surface area contributed by atoms with Gasteiger partial charge in [0.1, 0.15) is 0 Å². The Kier molecular flexibility index (Phi) is 5.04. The number of hydrogen-bond donors (Lipinski definition) is 1. The van der Waals surface area contributed by atoms with Crippen LogP contribution in [0.25, 0.3) is 0 Å². The van der Waals surface area contributed by atoms with Gasteiger partial charge < -0.3 is 5.73 Å². The summed E-state index contributed by atoms with van der Waals surface area (Å²) < 4.78 is 1.19. The molecule has 1 aromatic rings. The van der Waals surface area contributed by atoms with Gasteiger partial charge in [-0.25, -0.2) is 0 Å². The fourth-order valence-corrected chi connectivity index (χ4v) is 3.20. The minimum atomic E-state index is 0.111. The van der Waals surface area contributed by atoms with E-state index in [-0.39, 0.29) is 5.54 Å². The van der Waals surface area contributed by atoms with E-state index in [4.69, 9.17) is 5.73 Å². The van der Waals surface area contributed by atoms with Crippen molar-refractivity contribution in [2.75, 3.05) is 13.6 Å². The lowest BCUT2D eigenvalue weighted by atomic mass is 9.76. The van der Waals surface area contributed by atoms with Gasteiger partial charge in [-0.05, 0) is 37.9 Å². The van der Waals surface area contributed by atoms with Crippen LogP contribution in [0.1, 0.15) is 38.2 Å². The lowest BCUT2D eigenvalue weighted by molar-refractivity contribution is 0.0855. The maximum absolute atomic E-state index is 6.07. The molecule has 0 radical (unpaired) electrons. The van der Waals surface area contributed by atoms with Gasteiger partial charge in [0, 0.05) is 23.1 Å². The molecule has 1 aliphatic carbocycles. The predicted molar refractivity (Wildman–Crippen MR) is 85.0 cm³/mol. The molecule has 0 aliphatic heterocycles. The normalized spacial score (nSPS) is 19.2. The van der Waals surface area contributed by atoms with Crippen LogP contribution >= 0.6 is 15.9 Å². The molecule has 0 saturated heterocycles. The minimum absolute atomic E-state index is 0.111. The third-order valence-corrected chi connectivity index (χ3v) is 5.45. The van der Waals surface area contributed by atoms with Crippen LogP contribution in [0.5, 0.6) is 0 Å². The average Bonchev–Trinajstić information content (AvgIpc) is 2.36. The summed E-state index contributed by atoms with van der Waals surface area (Å²) in [4.78, 5) is 2.42. The quantitative estimate of drug-likeness (QED) is 0.862. The number of likely N-dealkylation sites (N-methyl/N-ethyl adjacent to an activating group) is 1. The zero-order chi connectivity index (χ0) is 13.9. The van der Waals surface area contributed by atoms with Gasteiger partial charge in [-0.15, -0.1) is 0 Å². The Balaban J connectivity index is 2.03. The van der Waals surface area contributed by atoms with Crippen molar-refractivity contribution in [1.82, 2.24) is 4.90 Å². The molecule has 1 fully saturated rings. The molecule has 1 atom stereocenters. The Bertz CT molecular complexity index is 417. The molecule has 2 nitrogen and oxygen atoms in total. The monoisotopic (exact) mass is 324 g/mol. The smallest absolute Gasteiger partial charge is 0.0306 e. The molecule has 0 amide bonds. The number of benzene rings is 1. The molecule has 1 unspecified atom stereocenters. The highest BCUT2D eigenvalue weighted by Crippen LogP contribution is 2.36. The molecule has 3 heteroatoms. The molecule has 0 heterocycles. The minimum Gasteiger partial charge on any atom is -0.329 e. The highest BCUT2D eigenvalue weighted by Gasteiger charge is 2.33. The maximum atomic E-state index is 6.07. The van der Waals surface area contributed by atoms with Crippen LogP contribution in [-0.2, 0) is 6.54 Å². The highest BCUT2D eigenvalue weighted by atomic mass is 79.9. The molecule has 1 aromatic carbocycles. The Morgan fingerprint density at radius 3 is 2.58 bits per heavy atom. The molecule has 106 valence electrons. The van der Waals surface area contributed by atoms with E-state index in [0.717, 1.165) is 19.0 Å². The van der Waals surface area contributed by atoms with E-state index in [9.17, 15) is 0 Å². The lowest BCUT2D eigenvalue weighted by Crippen LogP contribution is -2.51. The number of nitrogens with two attached hydrogens (primary N) is 1. The highest BCUT2D eigenvalue weighted by molar-refractivity contribution is 9.10. The van der Waals surface area contributed by atoms with E-state index in [1.165, 1.54) is 35.7 Å². The predicted octanol–water partition coefficient (Wildman–Crippen LogP) is 3.79. The second-order valence-electron chi connectivity index (χ2n) is 6.15. The largest absolute Gasteiger partial charge is 0.329 e. The standard InChI is InChI=1S/C16H25BrN2/c1-16(12-18,10-13-6-5-7-13)19(2)11-14-8-3-4-9-15(14)17/h3-4,8-9,13H,5-7,10-12,18H2,1-2H3. The van der Waals surface area contributed by atoms with Crippen molar-refractivity contribution in [3.63, 3.8) is 0 Å². The van der Waals surface area contributed by atoms with Crippen LogP contribution < -0.4 is 5.73 Å². The topological polar surface area (TPSA) is 29.3 Å². The van der Waals surface area contributed by atoms with Crippen LogP contribution in [0, 0.1) is 5.92 Å². The first-order valence-electron chi connectivity index (χ1n) is 7.20. The molecule has 0 spiro atoms. The van der Waals surface area contributed by atoms with E-state index in [0.29, 0.717) is 0 Å². The SMILES string of the molecule is CN(Cc1ccccc1Br)C(C)(CN)CC1CCC1. The van der Waals surface area contributed by atoms with Crippen LogP contribution in [0.2, 0.25) is 0 Å². The fourth-order valence-electron chi connectivity index (χ4n) is 2.79. The van der Waals surface area contributed by atoms with Crippen LogP contribution in [0.15, 0.2) is 28.7 Å². The van der Waals surface area contributed by atoms with Crippen molar-refractivity contribution in [2.45, 2.75) is 44.7 Å². The summed E-state index contributed by atoms with van der Waals surface area (Å²) in [5.41, 5.74) is 7.52. The summed E-state index contributed by atoms with van der Waals surface area (Å²) in [6.07, 6.45) is 5.40. The molecule has 1 saturated carbocycles. The lowest BCUT2D eigenvalue weighted by Gasteiger charge is -2.43. The zero-order valence-electron chi connectivity index (χ0n) is 12.0. The molecule has 19 heavy (non-hydrogen) atoms. The van der Waals surface area contributed by atoms with Gasteiger partial charge in [-0.1, -0.05) is 53.4 Å². The molecule has 2 rings (SSSR count). The molecule has 1 aliphatic rings.